The van der Waals surface area contributed by atoms with Crippen molar-refractivity contribution in [2.24, 2.45) is 0 Å². The van der Waals surface area contributed by atoms with E-state index in [4.69, 9.17) is 5.73 Å². The van der Waals surface area contributed by atoms with Crippen molar-refractivity contribution in [1.29, 1.82) is 0 Å². The van der Waals surface area contributed by atoms with Crippen LogP contribution < -0.4 is 5.73 Å². The first kappa shape index (κ1) is 17.5. The van der Waals surface area contributed by atoms with Crippen LogP contribution >= 0.6 is 0 Å². The first-order valence-electron chi connectivity index (χ1n) is 9.29. The van der Waals surface area contributed by atoms with E-state index in [0.29, 0.717) is 34.3 Å². The lowest BCUT2D eigenvalue weighted by atomic mass is 9.87. The molecule has 1 aliphatic carbocycles. The van der Waals surface area contributed by atoms with Crippen molar-refractivity contribution in [2.75, 3.05) is 5.73 Å². The van der Waals surface area contributed by atoms with Gasteiger partial charge in [0.25, 0.3) is 0 Å². The molecule has 3 N–H and O–H groups in total. The number of anilines is 1. The third kappa shape index (κ3) is 2.79. The number of hydrogen-bond donors (Lipinski definition) is 2. The van der Waals surface area contributed by atoms with Gasteiger partial charge in [-0.3, -0.25) is 0 Å². The highest BCUT2D eigenvalue weighted by Gasteiger charge is 2.29. The number of nitrogens with zero attached hydrogens (tertiary/aromatic N) is 4. The van der Waals surface area contributed by atoms with Gasteiger partial charge >= 0.3 is 0 Å². The second kappa shape index (κ2) is 6.51. The number of aromatic nitrogens is 4. The number of rotatable bonds is 2. The van der Waals surface area contributed by atoms with Crippen molar-refractivity contribution in [3.05, 3.63) is 65.5 Å². The van der Waals surface area contributed by atoms with Gasteiger partial charge in [0, 0.05) is 17.2 Å². The molecule has 0 spiro atoms. The third-order valence-corrected chi connectivity index (χ3v) is 5.37. The van der Waals surface area contributed by atoms with E-state index in [-0.39, 0.29) is 23.4 Å². The minimum atomic E-state index is -0.604. The molecule has 1 aliphatic rings. The van der Waals surface area contributed by atoms with Crippen molar-refractivity contribution in [3.63, 3.8) is 0 Å². The number of phenols is 1. The zero-order chi connectivity index (χ0) is 20.1. The maximum absolute atomic E-state index is 14.7. The summed E-state index contributed by atoms with van der Waals surface area (Å²) in [6.07, 6.45) is 3.68. The number of fused-ring (bicyclic) bond motifs is 2. The van der Waals surface area contributed by atoms with Gasteiger partial charge < -0.3 is 10.8 Å². The Morgan fingerprint density at radius 3 is 2.83 bits per heavy atom. The summed E-state index contributed by atoms with van der Waals surface area (Å²) in [6.45, 7) is 0. The van der Waals surface area contributed by atoms with E-state index in [1.165, 1.54) is 24.5 Å². The van der Waals surface area contributed by atoms with Crippen LogP contribution in [0.4, 0.5) is 14.6 Å². The van der Waals surface area contributed by atoms with Crippen LogP contribution in [0.15, 0.2) is 42.7 Å². The monoisotopic (exact) mass is 393 g/mol. The van der Waals surface area contributed by atoms with Crippen LogP contribution in [0.1, 0.15) is 30.0 Å². The van der Waals surface area contributed by atoms with Crippen LogP contribution in [0.3, 0.4) is 0 Å². The fourth-order valence-corrected chi connectivity index (χ4v) is 4.17. The second-order valence-corrected chi connectivity index (χ2v) is 7.17. The molecule has 4 aromatic rings. The van der Waals surface area contributed by atoms with Gasteiger partial charge in [0.15, 0.2) is 5.65 Å². The molecule has 0 saturated heterocycles. The lowest BCUT2D eigenvalue weighted by Crippen LogP contribution is -2.20. The zero-order valence-corrected chi connectivity index (χ0v) is 15.3. The highest BCUT2D eigenvalue weighted by Crippen LogP contribution is 2.39. The van der Waals surface area contributed by atoms with E-state index in [9.17, 15) is 13.9 Å². The standard InChI is InChI=1S/C21H17F2N5O/c22-13-7-12(8-14(29)9-13)19-18-20(24)25-10-26-21(18)28(27-19)16-6-2-4-11-3-1-5-15(23)17(11)16/h1,3,5,7-10,16,29H,2,4,6H2,(H2,24,25,26). The Bertz CT molecular complexity index is 1230. The molecular formula is C21H17F2N5O. The van der Waals surface area contributed by atoms with Gasteiger partial charge in [-0.05, 0) is 43.0 Å². The van der Waals surface area contributed by atoms with Crippen molar-refractivity contribution in [3.8, 4) is 17.0 Å². The van der Waals surface area contributed by atoms with Gasteiger partial charge in [-0.2, -0.15) is 5.10 Å². The molecule has 0 bridgehead atoms. The minimum absolute atomic E-state index is 0.185. The fourth-order valence-electron chi connectivity index (χ4n) is 4.17. The Kier molecular flexibility index (Phi) is 3.94. The number of aryl methyl sites for hydroxylation is 1. The number of hydrogen-bond acceptors (Lipinski definition) is 5. The summed E-state index contributed by atoms with van der Waals surface area (Å²) in [5.74, 6) is -0.938. The van der Waals surface area contributed by atoms with Crippen LogP contribution in [0.25, 0.3) is 22.3 Å². The maximum atomic E-state index is 14.7. The number of phenolic OH excluding ortho intramolecular Hbond substituents is 1. The van der Waals surface area contributed by atoms with Crippen LogP contribution in [0.5, 0.6) is 5.75 Å². The number of benzene rings is 2. The van der Waals surface area contributed by atoms with E-state index in [1.54, 1.807) is 10.7 Å². The highest BCUT2D eigenvalue weighted by atomic mass is 19.1. The van der Waals surface area contributed by atoms with Gasteiger partial charge in [-0.1, -0.05) is 12.1 Å². The quantitative estimate of drug-likeness (QED) is 0.538. The van der Waals surface area contributed by atoms with Gasteiger partial charge in [-0.15, -0.1) is 0 Å². The van der Waals surface area contributed by atoms with E-state index in [1.807, 2.05) is 6.07 Å². The first-order chi connectivity index (χ1) is 14.0. The van der Waals surface area contributed by atoms with Crippen molar-refractivity contribution in [2.45, 2.75) is 25.3 Å². The predicted octanol–water partition coefficient (Wildman–Crippen LogP) is 3.99. The normalized spacial score (nSPS) is 16.1. The Morgan fingerprint density at radius 1 is 1.14 bits per heavy atom. The van der Waals surface area contributed by atoms with Gasteiger partial charge in [-0.25, -0.2) is 23.4 Å². The smallest absolute Gasteiger partial charge is 0.164 e. The molecule has 29 heavy (non-hydrogen) atoms. The summed E-state index contributed by atoms with van der Waals surface area (Å²) in [4.78, 5) is 8.38. The number of nitrogens with two attached hydrogens (primary N) is 1. The summed E-state index contributed by atoms with van der Waals surface area (Å²) in [5, 5.41) is 14.9. The van der Waals surface area contributed by atoms with Gasteiger partial charge in [0.1, 0.15) is 35.2 Å². The molecule has 0 saturated carbocycles. The molecule has 2 heterocycles. The molecule has 0 aliphatic heterocycles. The number of aromatic hydroxyl groups is 1. The largest absolute Gasteiger partial charge is 0.508 e. The Hall–Kier alpha value is -3.55. The van der Waals surface area contributed by atoms with Crippen molar-refractivity contribution in [1.82, 2.24) is 19.7 Å². The third-order valence-electron chi connectivity index (χ3n) is 5.37. The number of nitrogen functional groups attached to an aromatic ring is 1. The molecule has 1 unspecified atom stereocenters. The van der Waals surface area contributed by atoms with Gasteiger partial charge in [0.2, 0.25) is 0 Å². The Labute approximate surface area is 164 Å². The summed E-state index contributed by atoms with van der Waals surface area (Å²) in [7, 11) is 0. The molecule has 0 radical (unpaired) electrons. The highest BCUT2D eigenvalue weighted by molar-refractivity contribution is 5.98. The molecule has 0 amide bonds. The van der Waals surface area contributed by atoms with E-state index >= 15 is 0 Å². The zero-order valence-electron chi connectivity index (χ0n) is 15.3. The molecule has 146 valence electrons. The average Bonchev–Trinajstić information content (AvgIpc) is 3.08. The van der Waals surface area contributed by atoms with E-state index < -0.39 is 5.82 Å². The lowest BCUT2D eigenvalue weighted by molar-refractivity contribution is 0.437. The van der Waals surface area contributed by atoms with Crippen LogP contribution in [-0.4, -0.2) is 24.9 Å². The van der Waals surface area contributed by atoms with Gasteiger partial charge in [0.05, 0.1) is 11.4 Å². The minimum Gasteiger partial charge on any atom is -0.508 e. The fraction of sp³-hybridized carbons (Fsp3) is 0.190. The molecule has 0 fully saturated rings. The van der Waals surface area contributed by atoms with E-state index in [2.05, 4.69) is 15.1 Å². The van der Waals surface area contributed by atoms with Crippen molar-refractivity contribution >= 4 is 16.9 Å². The Balaban J connectivity index is 1.79. The summed E-state index contributed by atoms with van der Waals surface area (Å²) < 4.78 is 30.3. The topological polar surface area (TPSA) is 89.8 Å². The summed E-state index contributed by atoms with van der Waals surface area (Å²) >= 11 is 0. The molecule has 2 aromatic carbocycles. The predicted molar refractivity (Wildman–Crippen MR) is 104 cm³/mol. The van der Waals surface area contributed by atoms with Crippen LogP contribution in [0.2, 0.25) is 0 Å². The maximum Gasteiger partial charge on any atom is 0.164 e. The summed E-state index contributed by atoms with van der Waals surface area (Å²) in [5.41, 5.74) is 8.77. The molecule has 6 nitrogen and oxygen atoms in total. The summed E-state index contributed by atoms with van der Waals surface area (Å²) in [6, 6.07) is 8.37. The lowest BCUT2D eigenvalue weighted by Gasteiger charge is -2.26. The molecule has 5 rings (SSSR count). The molecule has 2 aromatic heterocycles. The Morgan fingerprint density at radius 2 is 2.00 bits per heavy atom. The van der Waals surface area contributed by atoms with Crippen LogP contribution in [-0.2, 0) is 6.42 Å². The van der Waals surface area contributed by atoms with E-state index in [0.717, 1.165) is 24.5 Å². The number of halogens is 2. The molecule has 1 atom stereocenters. The SMILES string of the molecule is Nc1ncnc2c1c(-c1cc(O)cc(F)c1)nn2C1CCCc2cccc(F)c21. The first-order valence-corrected chi connectivity index (χ1v) is 9.29. The van der Waals surface area contributed by atoms with Crippen molar-refractivity contribution < 1.29 is 13.9 Å². The average molecular weight is 393 g/mol. The molecule has 8 heteroatoms. The van der Waals surface area contributed by atoms with Crippen LogP contribution in [0, 0.1) is 11.6 Å². The second-order valence-electron chi connectivity index (χ2n) is 7.17. The molecular weight excluding hydrogens is 376 g/mol.